The number of carbonyl (C=O) groups is 2. The molecule has 0 aromatic carbocycles. The second-order valence-corrected chi connectivity index (χ2v) is 9.47. The van der Waals surface area contributed by atoms with Gasteiger partial charge < -0.3 is 23.7 Å². The Morgan fingerprint density at radius 3 is 1.19 bits per heavy atom. The molecule has 8 nitrogen and oxygen atoms in total. The summed E-state index contributed by atoms with van der Waals surface area (Å²) in [6.45, 7) is 7.82. The van der Waals surface area contributed by atoms with Crippen LogP contribution in [0.15, 0.2) is 12.2 Å². The van der Waals surface area contributed by atoms with Crippen LogP contribution in [0.5, 0.6) is 0 Å². The molecule has 8 heteroatoms. The summed E-state index contributed by atoms with van der Waals surface area (Å²) in [5, 5.41) is 0. The van der Waals surface area contributed by atoms with E-state index in [4.69, 9.17) is 23.7 Å². The van der Waals surface area contributed by atoms with E-state index in [1.807, 2.05) is 0 Å². The minimum absolute atomic E-state index is 0.262. The highest BCUT2D eigenvalue weighted by Crippen LogP contribution is 2.12. The summed E-state index contributed by atoms with van der Waals surface area (Å²) in [6.07, 6.45) is 20.3. The van der Waals surface area contributed by atoms with E-state index < -0.39 is 0 Å². The van der Waals surface area contributed by atoms with Gasteiger partial charge in [0.1, 0.15) is 0 Å². The van der Waals surface area contributed by atoms with Crippen molar-refractivity contribution < 1.29 is 33.3 Å². The van der Waals surface area contributed by atoms with Crippen molar-refractivity contribution in [3.05, 3.63) is 12.2 Å². The van der Waals surface area contributed by atoms with Gasteiger partial charge in [-0.2, -0.15) is 0 Å². The van der Waals surface area contributed by atoms with Gasteiger partial charge in [-0.3, -0.25) is 14.5 Å². The lowest BCUT2D eigenvalue weighted by Crippen LogP contribution is -2.33. The maximum atomic E-state index is 11.4. The molecule has 0 bridgehead atoms. The van der Waals surface area contributed by atoms with Crippen molar-refractivity contribution in [3.8, 4) is 0 Å². The zero-order valence-electron chi connectivity index (χ0n) is 23.4. The van der Waals surface area contributed by atoms with Crippen LogP contribution in [0.1, 0.15) is 90.4 Å². The minimum atomic E-state index is -0.288. The fourth-order valence-electron chi connectivity index (χ4n) is 4.01. The molecule has 1 rings (SSSR count). The molecule has 0 aliphatic carbocycles. The Kier molecular flexibility index (Phi) is 24.0. The zero-order valence-corrected chi connectivity index (χ0v) is 23.4. The van der Waals surface area contributed by atoms with Crippen molar-refractivity contribution in [2.24, 2.45) is 0 Å². The Morgan fingerprint density at radius 2 is 0.784 bits per heavy atom. The number of nitrogens with zero attached hydrogens (tertiary/aromatic N) is 1. The normalized spacial score (nSPS) is 13.4. The second kappa shape index (κ2) is 26.3. The lowest BCUT2D eigenvalue weighted by molar-refractivity contribution is -0.137. The lowest BCUT2D eigenvalue weighted by Gasteiger charge is -2.13. The molecule has 0 aromatic heterocycles. The standard InChI is InChI=1S/C29H53NO7/c1-2-3-4-5-6-7-8-9-10-11-12-13-14-18-33-20-22-35-24-26-37-27-25-36-23-21-34-19-17-30-28(31)15-16-29(30)32/h15-16H,2-14,17-27H2,1H3. The maximum Gasteiger partial charge on any atom is 0.253 e. The molecule has 37 heavy (non-hydrogen) atoms. The molecule has 0 saturated carbocycles. The molecule has 0 radical (unpaired) electrons. The fourth-order valence-corrected chi connectivity index (χ4v) is 4.01. The van der Waals surface area contributed by atoms with Gasteiger partial charge in [0.15, 0.2) is 0 Å². The van der Waals surface area contributed by atoms with Crippen LogP contribution in [0.3, 0.4) is 0 Å². The average molecular weight is 528 g/mol. The Hall–Kier alpha value is -1.32. The van der Waals surface area contributed by atoms with Crippen molar-refractivity contribution in [2.45, 2.75) is 90.4 Å². The SMILES string of the molecule is CCCCCCCCCCCCCCCOCCOCCOCCOCCOCCN1C(=O)C=CC1=O. The molecule has 1 aliphatic rings. The molecule has 1 aliphatic heterocycles. The predicted octanol–water partition coefficient (Wildman–Crippen LogP) is 5.09. The van der Waals surface area contributed by atoms with Crippen molar-refractivity contribution >= 4 is 11.8 Å². The summed E-state index contributed by atoms with van der Waals surface area (Å²) < 4.78 is 27.4. The molecule has 0 unspecified atom stereocenters. The van der Waals surface area contributed by atoms with Crippen LogP contribution < -0.4 is 0 Å². The predicted molar refractivity (Wildman–Crippen MR) is 146 cm³/mol. The zero-order chi connectivity index (χ0) is 26.7. The number of hydrogen-bond acceptors (Lipinski definition) is 7. The Labute approximate surface area is 225 Å². The summed E-state index contributed by atoms with van der Waals surface area (Å²) in [6, 6.07) is 0. The van der Waals surface area contributed by atoms with Crippen molar-refractivity contribution in [1.82, 2.24) is 4.90 Å². The average Bonchev–Trinajstić information content (AvgIpc) is 3.22. The number of imide groups is 1. The first-order chi connectivity index (χ1) is 18.3. The molecule has 0 saturated heterocycles. The molecule has 0 N–H and O–H groups in total. The third-order valence-corrected chi connectivity index (χ3v) is 6.24. The second-order valence-electron chi connectivity index (χ2n) is 9.47. The number of hydrogen-bond donors (Lipinski definition) is 0. The fraction of sp³-hybridized carbons (Fsp3) is 0.862. The molecule has 0 aromatic rings. The van der Waals surface area contributed by atoms with Crippen molar-refractivity contribution in [1.29, 1.82) is 0 Å². The van der Waals surface area contributed by atoms with Gasteiger partial charge in [-0.25, -0.2) is 0 Å². The molecule has 216 valence electrons. The van der Waals surface area contributed by atoms with Crippen LogP contribution in [0.2, 0.25) is 0 Å². The van der Waals surface area contributed by atoms with E-state index in [1.54, 1.807) is 0 Å². The molecular weight excluding hydrogens is 474 g/mol. The van der Waals surface area contributed by atoms with Gasteiger partial charge in [-0.05, 0) is 6.42 Å². The number of unbranched alkanes of at least 4 members (excludes halogenated alkanes) is 12. The summed E-state index contributed by atoms with van der Waals surface area (Å²) in [5.41, 5.74) is 0. The molecule has 0 fully saturated rings. The van der Waals surface area contributed by atoms with E-state index in [0.717, 1.165) is 17.9 Å². The van der Waals surface area contributed by atoms with Crippen molar-refractivity contribution in [3.63, 3.8) is 0 Å². The topological polar surface area (TPSA) is 83.5 Å². The largest absolute Gasteiger partial charge is 0.379 e. The van der Waals surface area contributed by atoms with Gasteiger partial charge in [-0.15, -0.1) is 0 Å². The summed E-state index contributed by atoms with van der Waals surface area (Å²) in [5.74, 6) is -0.577. The van der Waals surface area contributed by atoms with E-state index in [0.29, 0.717) is 59.5 Å². The minimum Gasteiger partial charge on any atom is -0.379 e. The van der Waals surface area contributed by atoms with Crippen LogP contribution in [0.4, 0.5) is 0 Å². The van der Waals surface area contributed by atoms with Crippen LogP contribution in [0, 0.1) is 0 Å². The van der Waals surface area contributed by atoms with Crippen LogP contribution in [0.25, 0.3) is 0 Å². The maximum absolute atomic E-state index is 11.4. The van der Waals surface area contributed by atoms with Gasteiger partial charge in [-0.1, -0.05) is 84.0 Å². The van der Waals surface area contributed by atoms with E-state index in [9.17, 15) is 9.59 Å². The van der Waals surface area contributed by atoms with E-state index in [2.05, 4.69) is 6.92 Å². The van der Waals surface area contributed by atoms with Gasteiger partial charge in [0.05, 0.1) is 66.0 Å². The van der Waals surface area contributed by atoms with Crippen molar-refractivity contribution in [2.75, 3.05) is 72.6 Å². The number of carbonyl (C=O) groups excluding carboxylic acids is 2. The van der Waals surface area contributed by atoms with Gasteiger partial charge in [0, 0.05) is 18.8 Å². The quantitative estimate of drug-likeness (QED) is 0.0990. The highest BCUT2D eigenvalue weighted by atomic mass is 16.6. The van der Waals surface area contributed by atoms with Gasteiger partial charge in [0.2, 0.25) is 0 Å². The molecular formula is C29H53NO7. The number of amides is 2. The Morgan fingerprint density at radius 1 is 0.459 bits per heavy atom. The third kappa shape index (κ3) is 21.3. The third-order valence-electron chi connectivity index (χ3n) is 6.24. The Balaban J connectivity index is 1.64. The van der Waals surface area contributed by atoms with Gasteiger partial charge >= 0.3 is 0 Å². The van der Waals surface area contributed by atoms with Crippen LogP contribution >= 0.6 is 0 Å². The van der Waals surface area contributed by atoms with E-state index in [1.165, 1.54) is 89.2 Å². The number of rotatable bonds is 29. The molecule has 0 atom stereocenters. The molecule has 2 amide bonds. The summed E-state index contributed by atoms with van der Waals surface area (Å²) >= 11 is 0. The smallest absolute Gasteiger partial charge is 0.253 e. The molecule has 1 heterocycles. The first-order valence-corrected chi connectivity index (χ1v) is 14.7. The van der Waals surface area contributed by atoms with E-state index >= 15 is 0 Å². The van der Waals surface area contributed by atoms with Gasteiger partial charge in [0.25, 0.3) is 11.8 Å². The van der Waals surface area contributed by atoms with Crippen LogP contribution in [-0.4, -0.2) is 89.3 Å². The summed E-state index contributed by atoms with van der Waals surface area (Å²) in [4.78, 5) is 23.9. The highest BCUT2D eigenvalue weighted by Gasteiger charge is 2.22. The molecule has 0 spiro atoms. The van der Waals surface area contributed by atoms with Crippen LogP contribution in [-0.2, 0) is 33.3 Å². The monoisotopic (exact) mass is 527 g/mol. The lowest BCUT2D eigenvalue weighted by atomic mass is 10.0. The number of ether oxygens (including phenoxy) is 5. The first-order valence-electron chi connectivity index (χ1n) is 14.7. The van der Waals surface area contributed by atoms with E-state index in [-0.39, 0.29) is 18.4 Å². The summed E-state index contributed by atoms with van der Waals surface area (Å²) in [7, 11) is 0. The highest BCUT2D eigenvalue weighted by molar-refractivity contribution is 6.12. The Bertz CT molecular complexity index is 552. The first kappa shape index (κ1) is 33.7.